The molecule has 0 spiro atoms. The number of morpholine rings is 1. The number of aromatic nitrogens is 3. The number of para-hydroxylation sites is 1. The molecule has 2 aliphatic rings. The largest absolute Gasteiger partial charge is 0.379 e. The highest BCUT2D eigenvalue weighted by atomic mass is 16.5. The zero-order chi connectivity index (χ0) is 21.0. The Labute approximate surface area is 180 Å². The first-order valence-corrected chi connectivity index (χ1v) is 10.6. The van der Waals surface area contributed by atoms with E-state index in [1.54, 1.807) is 11.1 Å². The lowest BCUT2D eigenvalue weighted by molar-refractivity contribution is 0.0299. The first-order chi connectivity index (χ1) is 15.3. The summed E-state index contributed by atoms with van der Waals surface area (Å²) in [6.07, 6.45) is 5.92. The van der Waals surface area contributed by atoms with Gasteiger partial charge in [0.05, 0.1) is 50.4 Å². The van der Waals surface area contributed by atoms with Crippen molar-refractivity contribution in [1.29, 1.82) is 0 Å². The van der Waals surface area contributed by atoms with E-state index in [4.69, 9.17) is 9.47 Å². The van der Waals surface area contributed by atoms with Gasteiger partial charge in [-0.1, -0.05) is 18.2 Å². The van der Waals surface area contributed by atoms with Crippen LogP contribution in [0.3, 0.4) is 0 Å². The Hall–Kier alpha value is -3.10. The van der Waals surface area contributed by atoms with Gasteiger partial charge in [-0.15, -0.1) is 0 Å². The second-order valence-electron chi connectivity index (χ2n) is 7.93. The van der Waals surface area contributed by atoms with Crippen LogP contribution in [0, 0.1) is 5.92 Å². The molecule has 0 aliphatic carbocycles. The summed E-state index contributed by atoms with van der Waals surface area (Å²) in [6.45, 7) is 3.54. The molecule has 1 amide bonds. The minimum absolute atomic E-state index is 0.0926. The third-order valence-electron chi connectivity index (χ3n) is 5.91. The molecule has 2 unspecified atom stereocenters. The molecule has 5 rings (SSSR count). The highest BCUT2D eigenvalue weighted by molar-refractivity contribution is 5.92. The first-order valence-electron chi connectivity index (χ1n) is 10.6. The van der Waals surface area contributed by atoms with Gasteiger partial charge >= 0.3 is 0 Å². The van der Waals surface area contributed by atoms with Crippen LogP contribution < -0.4 is 5.32 Å². The molecule has 1 N–H and O–H groups in total. The Bertz CT molecular complexity index is 1060. The summed E-state index contributed by atoms with van der Waals surface area (Å²) in [6, 6.07) is 10.4. The van der Waals surface area contributed by atoms with Crippen molar-refractivity contribution in [3.8, 4) is 0 Å². The van der Waals surface area contributed by atoms with Gasteiger partial charge in [0.1, 0.15) is 11.5 Å². The van der Waals surface area contributed by atoms with Crippen LogP contribution in [0.1, 0.15) is 16.1 Å². The lowest BCUT2D eigenvalue weighted by atomic mass is 9.93. The maximum atomic E-state index is 12.7. The summed E-state index contributed by atoms with van der Waals surface area (Å²) < 4.78 is 11.1. The Morgan fingerprint density at radius 2 is 1.97 bits per heavy atom. The third kappa shape index (κ3) is 4.35. The number of amides is 1. The van der Waals surface area contributed by atoms with E-state index in [0.29, 0.717) is 51.0 Å². The van der Waals surface area contributed by atoms with Crippen molar-refractivity contribution in [3.05, 3.63) is 60.2 Å². The number of ether oxygens (including phenoxy) is 2. The van der Waals surface area contributed by atoms with Gasteiger partial charge in [0.25, 0.3) is 5.91 Å². The summed E-state index contributed by atoms with van der Waals surface area (Å²) in [5.41, 5.74) is 2.61. The molecule has 160 valence electrons. The van der Waals surface area contributed by atoms with Gasteiger partial charge in [0.15, 0.2) is 0 Å². The van der Waals surface area contributed by atoms with E-state index in [9.17, 15) is 4.79 Å². The number of hydrogen-bond donors (Lipinski definition) is 1. The lowest BCUT2D eigenvalue weighted by Gasteiger charge is -2.26. The molecule has 0 bridgehead atoms. The van der Waals surface area contributed by atoms with E-state index in [1.807, 2.05) is 24.4 Å². The number of fused-ring (bicyclic) bond motifs is 1. The number of benzene rings is 1. The molecule has 1 aromatic carbocycles. The van der Waals surface area contributed by atoms with Crippen LogP contribution in [0.25, 0.3) is 10.9 Å². The molecule has 8 nitrogen and oxygen atoms in total. The predicted molar refractivity (Wildman–Crippen MR) is 116 cm³/mol. The third-order valence-corrected chi connectivity index (χ3v) is 5.91. The molecule has 2 aromatic heterocycles. The second kappa shape index (κ2) is 8.95. The molecule has 8 heteroatoms. The summed E-state index contributed by atoms with van der Waals surface area (Å²) in [7, 11) is 0. The number of carbonyl (C=O) groups is 1. The van der Waals surface area contributed by atoms with E-state index < -0.39 is 0 Å². The zero-order valence-electron chi connectivity index (χ0n) is 17.2. The number of hydrogen-bond acceptors (Lipinski definition) is 7. The van der Waals surface area contributed by atoms with Gasteiger partial charge in [-0.25, -0.2) is 4.98 Å². The minimum Gasteiger partial charge on any atom is -0.379 e. The van der Waals surface area contributed by atoms with Crippen molar-refractivity contribution in [2.24, 2.45) is 5.92 Å². The molecule has 2 aliphatic heterocycles. The number of anilines is 1. The van der Waals surface area contributed by atoms with Gasteiger partial charge < -0.3 is 19.7 Å². The van der Waals surface area contributed by atoms with Crippen LogP contribution in [0.5, 0.6) is 0 Å². The highest BCUT2D eigenvalue weighted by Gasteiger charge is 2.29. The van der Waals surface area contributed by atoms with Gasteiger partial charge in [0.2, 0.25) is 0 Å². The molecule has 0 radical (unpaired) electrons. The normalized spacial score (nSPS) is 21.4. The Morgan fingerprint density at radius 1 is 1.10 bits per heavy atom. The average Bonchev–Trinajstić information content (AvgIpc) is 3.26. The van der Waals surface area contributed by atoms with E-state index in [0.717, 1.165) is 11.9 Å². The Morgan fingerprint density at radius 3 is 2.87 bits per heavy atom. The summed E-state index contributed by atoms with van der Waals surface area (Å²) >= 11 is 0. The minimum atomic E-state index is -0.109. The maximum absolute atomic E-state index is 12.7. The number of nitrogens with one attached hydrogen (secondary N) is 1. The molecule has 31 heavy (non-hydrogen) atoms. The topological polar surface area (TPSA) is 89.5 Å². The lowest BCUT2D eigenvalue weighted by Crippen LogP contribution is -2.41. The molecule has 2 atom stereocenters. The van der Waals surface area contributed by atoms with Gasteiger partial charge in [0, 0.05) is 30.6 Å². The number of nitrogens with zero attached hydrogens (tertiary/aromatic N) is 4. The summed E-state index contributed by atoms with van der Waals surface area (Å²) in [5, 5.41) is 4.62. The monoisotopic (exact) mass is 419 g/mol. The maximum Gasteiger partial charge on any atom is 0.274 e. The standard InChI is InChI=1S/C23H25N5O3/c29-23(28-7-9-30-10-8-28)20-12-24-13-22(26-20)27-21-15-31-14-17(21)11-16-5-6-25-19-4-2-1-3-18(16)19/h1-6,12-13,17,21H,7-11,14-15H2,(H,26,27). The van der Waals surface area contributed by atoms with E-state index in [2.05, 4.69) is 32.4 Å². The van der Waals surface area contributed by atoms with Gasteiger partial charge in [-0.05, 0) is 24.1 Å². The van der Waals surface area contributed by atoms with E-state index in [-0.39, 0.29) is 17.9 Å². The predicted octanol–water partition coefficient (Wildman–Crippen LogP) is 2.17. The fourth-order valence-electron chi connectivity index (χ4n) is 4.23. The van der Waals surface area contributed by atoms with Crippen LogP contribution in [0.2, 0.25) is 0 Å². The molecule has 2 saturated heterocycles. The van der Waals surface area contributed by atoms with Crippen molar-refractivity contribution < 1.29 is 14.3 Å². The fourth-order valence-corrected chi connectivity index (χ4v) is 4.23. The highest BCUT2D eigenvalue weighted by Crippen LogP contribution is 2.25. The molecular weight excluding hydrogens is 394 g/mol. The van der Waals surface area contributed by atoms with Crippen molar-refractivity contribution in [2.45, 2.75) is 12.5 Å². The fraction of sp³-hybridized carbons (Fsp3) is 0.391. The van der Waals surface area contributed by atoms with Crippen molar-refractivity contribution in [1.82, 2.24) is 19.9 Å². The summed E-state index contributed by atoms with van der Waals surface area (Å²) in [4.78, 5) is 27.7. The smallest absolute Gasteiger partial charge is 0.274 e. The van der Waals surface area contributed by atoms with Crippen molar-refractivity contribution in [2.75, 3.05) is 44.8 Å². The number of carbonyl (C=O) groups excluding carboxylic acids is 1. The van der Waals surface area contributed by atoms with Crippen molar-refractivity contribution >= 4 is 22.6 Å². The van der Waals surface area contributed by atoms with Gasteiger partial charge in [-0.3, -0.25) is 14.8 Å². The number of pyridine rings is 1. The van der Waals surface area contributed by atoms with E-state index in [1.165, 1.54) is 17.1 Å². The van der Waals surface area contributed by atoms with E-state index >= 15 is 0 Å². The van der Waals surface area contributed by atoms with Crippen LogP contribution in [0.4, 0.5) is 5.82 Å². The van der Waals surface area contributed by atoms with Crippen molar-refractivity contribution in [3.63, 3.8) is 0 Å². The number of rotatable bonds is 5. The quantitative estimate of drug-likeness (QED) is 0.678. The van der Waals surface area contributed by atoms with Crippen LogP contribution in [0.15, 0.2) is 48.9 Å². The Kier molecular flexibility index (Phi) is 5.73. The Balaban J connectivity index is 1.30. The van der Waals surface area contributed by atoms with Crippen LogP contribution >= 0.6 is 0 Å². The van der Waals surface area contributed by atoms with Crippen LogP contribution in [-0.4, -0.2) is 71.3 Å². The zero-order valence-corrected chi connectivity index (χ0v) is 17.2. The molecule has 4 heterocycles. The average molecular weight is 419 g/mol. The molecule has 0 saturated carbocycles. The first kappa shape index (κ1) is 19.8. The summed E-state index contributed by atoms with van der Waals surface area (Å²) in [5.74, 6) is 0.771. The molecular formula is C23H25N5O3. The second-order valence-corrected chi connectivity index (χ2v) is 7.93. The molecule has 2 fully saturated rings. The van der Waals surface area contributed by atoms with Gasteiger partial charge in [-0.2, -0.15) is 0 Å². The molecule has 3 aromatic rings. The SMILES string of the molecule is O=C(c1cncc(NC2COCC2Cc2ccnc3ccccc23)n1)N1CCOCC1. The van der Waals surface area contributed by atoms with Crippen LogP contribution in [-0.2, 0) is 15.9 Å².